The van der Waals surface area contributed by atoms with Gasteiger partial charge in [-0.25, -0.2) is 9.37 Å². The van der Waals surface area contributed by atoms with E-state index in [4.69, 9.17) is 0 Å². The zero-order valence-corrected chi connectivity index (χ0v) is 9.69. The molecule has 4 heteroatoms. The number of rotatable bonds is 2. The maximum Gasteiger partial charge on any atom is 0.139 e. The van der Waals surface area contributed by atoms with Crippen molar-refractivity contribution in [2.75, 3.05) is 13.1 Å². The van der Waals surface area contributed by atoms with E-state index in [9.17, 15) is 4.39 Å². The van der Waals surface area contributed by atoms with Crippen LogP contribution in [0.15, 0.2) is 24.5 Å². The molecular weight excluding hydrogens is 217 g/mol. The summed E-state index contributed by atoms with van der Waals surface area (Å²) >= 11 is 0. The Morgan fingerprint density at radius 3 is 3.06 bits per heavy atom. The van der Waals surface area contributed by atoms with Crippen LogP contribution in [0.1, 0.15) is 18.5 Å². The molecule has 3 nitrogen and oxygen atoms in total. The van der Waals surface area contributed by atoms with Gasteiger partial charge in [0.15, 0.2) is 0 Å². The summed E-state index contributed by atoms with van der Waals surface area (Å²) in [4.78, 5) is 4.47. The highest BCUT2D eigenvalue weighted by atomic mass is 19.1. The summed E-state index contributed by atoms with van der Waals surface area (Å²) in [6.45, 7) is 2.21. The Hall–Kier alpha value is -1.42. The number of piperidine rings is 1. The summed E-state index contributed by atoms with van der Waals surface area (Å²) in [6, 6.07) is 2.94. The zero-order chi connectivity index (χ0) is 11.7. The molecule has 2 aromatic rings. The Balaban J connectivity index is 1.80. The summed E-state index contributed by atoms with van der Waals surface area (Å²) in [7, 11) is 0. The molecule has 3 heterocycles. The maximum absolute atomic E-state index is 13.0. The van der Waals surface area contributed by atoms with Gasteiger partial charge < -0.3 is 9.72 Å². The van der Waals surface area contributed by atoms with E-state index >= 15 is 0 Å². The fourth-order valence-corrected chi connectivity index (χ4v) is 2.49. The number of fused-ring (bicyclic) bond motifs is 1. The Labute approximate surface area is 99.7 Å². The van der Waals surface area contributed by atoms with Gasteiger partial charge in [0.25, 0.3) is 0 Å². The lowest BCUT2D eigenvalue weighted by atomic mass is 9.93. The van der Waals surface area contributed by atoms with Crippen LogP contribution in [0.25, 0.3) is 5.65 Å². The molecule has 17 heavy (non-hydrogen) atoms. The predicted octanol–water partition coefficient (Wildman–Crippen LogP) is 2.02. The van der Waals surface area contributed by atoms with Gasteiger partial charge in [0, 0.05) is 18.5 Å². The topological polar surface area (TPSA) is 29.3 Å². The van der Waals surface area contributed by atoms with Crippen LogP contribution >= 0.6 is 0 Å². The Morgan fingerprint density at radius 1 is 1.41 bits per heavy atom. The van der Waals surface area contributed by atoms with Crippen LogP contribution in [0.4, 0.5) is 4.39 Å². The van der Waals surface area contributed by atoms with Crippen LogP contribution in [0.5, 0.6) is 0 Å². The summed E-state index contributed by atoms with van der Waals surface area (Å²) in [5, 5.41) is 3.36. The molecule has 0 amide bonds. The van der Waals surface area contributed by atoms with Gasteiger partial charge in [-0.15, -0.1) is 0 Å². The van der Waals surface area contributed by atoms with Crippen LogP contribution in [-0.2, 0) is 6.42 Å². The van der Waals surface area contributed by atoms with Gasteiger partial charge in [-0.1, -0.05) is 0 Å². The molecule has 1 aliphatic heterocycles. The smallest absolute Gasteiger partial charge is 0.139 e. The van der Waals surface area contributed by atoms with Crippen molar-refractivity contribution < 1.29 is 4.39 Å². The van der Waals surface area contributed by atoms with Crippen molar-refractivity contribution in [1.82, 2.24) is 14.7 Å². The van der Waals surface area contributed by atoms with E-state index in [1.807, 2.05) is 10.6 Å². The fraction of sp³-hybridized carbons (Fsp3) is 0.462. The second kappa shape index (κ2) is 4.45. The van der Waals surface area contributed by atoms with E-state index in [1.54, 1.807) is 6.20 Å². The zero-order valence-electron chi connectivity index (χ0n) is 9.69. The molecule has 0 radical (unpaired) electrons. The molecule has 1 aliphatic rings. The third kappa shape index (κ3) is 2.31. The minimum Gasteiger partial charge on any atom is -0.317 e. The highest BCUT2D eigenvalue weighted by Gasteiger charge is 2.15. The molecule has 0 unspecified atom stereocenters. The summed E-state index contributed by atoms with van der Waals surface area (Å²) in [5.74, 6) is 0.488. The number of pyridine rings is 1. The van der Waals surface area contributed by atoms with Crippen LogP contribution < -0.4 is 5.32 Å². The Bertz CT molecular complexity index is 514. The van der Waals surface area contributed by atoms with Crippen LogP contribution in [-0.4, -0.2) is 22.5 Å². The van der Waals surface area contributed by atoms with Gasteiger partial charge in [0.1, 0.15) is 11.5 Å². The van der Waals surface area contributed by atoms with Gasteiger partial charge in [0.05, 0.1) is 5.69 Å². The van der Waals surface area contributed by atoms with E-state index in [0.717, 1.165) is 25.2 Å². The van der Waals surface area contributed by atoms with E-state index in [1.165, 1.54) is 25.0 Å². The van der Waals surface area contributed by atoms with Crippen LogP contribution in [0, 0.1) is 11.7 Å². The number of hydrogen-bond acceptors (Lipinski definition) is 2. The first-order valence-corrected chi connectivity index (χ1v) is 6.15. The number of aromatic nitrogens is 2. The number of hydrogen-bond donors (Lipinski definition) is 1. The average Bonchev–Trinajstić information content (AvgIpc) is 2.71. The third-order valence-corrected chi connectivity index (χ3v) is 3.43. The van der Waals surface area contributed by atoms with E-state index in [2.05, 4.69) is 10.3 Å². The lowest BCUT2D eigenvalue weighted by Crippen LogP contribution is -2.28. The largest absolute Gasteiger partial charge is 0.317 e. The molecule has 90 valence electrons. The highest BCUT2D eigenvalue weighted by Crippen LogP contribution is 2.18. The minimum atomic E-state index is -0.225. The first-order valence-electron chi connectivity index (χ1n) is 6.15. The molecule has 0 atom stereocenters. The van der Waals surface area contributed by atoms with Crippen molar-refractivity contribution >= 4 is 5.65 Å². The monoisotopic (exact) mass is 233 g/mol. The van der Waals surface area contributed by atoms with Crippen molar-refractivity contribution in [3.05, 3.63) is 36.0 Å². The normalized spacial score (nSPS) is 17.7. The van der Waals surface area contributed by atoms with E-state index in [-0.39, 0.29) is 5.82 Å². The summed E-state index contributed by atoms with van der Waals surface area (Å²) in [5.41, 5.74) is 1.77. The SMILES string of the molecule is Fc1ccn2cc(CC3CCNCC3)nc2c1. The molecular formula is C13H16FN3. The van der Waals surface area contributed by atoms with Gasteiger partial charge in [-0.2, -0.15) is 0 Å². The minimum absolute atomic E-state index is 0.225. The van der Waals surface area contributed by atoms with Gasteiger partial charge >= 0.3 is 0 Å². The molecule has 0 spiro atoms. The highest BCUT2D eigenvalue weighted by molar-refractivity contribution is 5.40. The lowest BCUT2D eigenvalue weighted by Gasteiger charge is -2.21. The molecule has 1 N–H and O–H groups in total. The Morgan fingerprint density at radius 2 is 2.24 bits per heavy atom. The van der Waals surface area contributed by atoms with Gasteiger partial charge in [-0.3, -0.25) is 0 Å². The molecule has 0 saturated carbocycles. The van der Waals surface area contributed by atoms with Crippen molar-refractivity contribution in [3.8, 4) is 0 Å². The third-order valence-electron chi connectivity index (χ3n) is 3.43. The predicted molar refractivity (Wildman–Crippen MR) is 64.4 cm³/mol. The quantitative estimate of drug-likeness (QED) is 0.859. The van der Waals surface area contributed by atoms with Gasteiger partial charge in [-0.05, 0) is 44.3 Å². The second-order valence-electron chi connectivity index (χ2n) is 4.74. The summed E-state index contributed by atoms with van der Waals surface area (Å²) in [6.07, 6.45) is 7.16. The molecule has 3 rings (SSSR count). The van der Waals surface area contributed by atoms with E-state index < -0.39 is 0 Å². The molecule has 0 bridgehead atoms. The maximum atomic E-state index is 13.0. The first kappa shape index (κ1) is 10.7. The molecule has 1 fully saturated rings. The standard InChI is InChI=1S/C13H16FN3/c14-11-3-6-17-9-12(16-13(17)8-11)7-10-1-4-15-5-2-10/h3,6,8-10,15H,1-2,4-5,7H2. The second-order valence-corrected chi connectivity index (χ2v) is 4.74. The lowest BCUT2D eigenvalue weighted by molar-refractivity contribution is 0.370. The van der Waals surface area contributed by atoms with Crippen LogP contribution in [0.2, 0.25) is 0 Å². The average molecular weight is 233 g/mol. The number of halogens is 1. The van der Waals surface area contributed by atoms with E-state index in [0.29, 0.717) is 11.6 Å². The van der Waals surface area contributed by atoms with Crippen molar-refractivity contribution in [1.29, 1.82) is 0 Å². The molecule has 0 aliphatic carbocycles. The molecule has 1 saturated heterocycles. The van der Waals surface area contributed by atoms with Crippen molar-refractivity contribution in [2.24, 2.45) is 5.92 Å². The fourth-order valence-electron chi connectivity index (χ4n) is 2.49. The number of nitrogens with zero attached hydrogens (tertiary/aromatic N) is 2. The number of nitrogens with one attached hydrogen (secondary N) is 1. The Kier molecular flexibility index (Phi) is 2.81. The first-order chi connectivity index (χ1) is 8.31. The molecule has 0 aromatic carbocycles. The van der Waals surface area contributed by atoms with Crippen LogP contribution in [0.3, 0.4) is 0 Å². The van der Waals surface area contributed by atoms with Crippen molar-refractivity contribution in [3.63, 3.8) is 0 Å². The van der Waals surface area contributed by atoms with Crippen molar-refractivity contribution in [2.45, 2.75) is 19.3 Å². The molecule has 2 aromatic heterocycles. The van der Waals surface area contributed by atoms with Gasteiger partial charge in [0.2, 0.25) is 0 Å². The summed E-state index contributed by atoms with van der Waals surface area (Å²) < 4.78 is 14.9. The number of imidazole rings is 1.